The zero-order chi connectivity index (χ0) is 19.3. The lowest BCUT2D eigenvalue weighted by atomic mass is 10.2. The van der Waals surface area contributed by atoms with E-state index < -0.39 is 28.0 Å². The zero-order valence-electron chi connectivity index (χ0n) is 14.0. The molecule has 0 aliphatic rings. The smallest absolute Gasteiger partial charge is 0.338 e. The molecule has 2 aromatic rings. The van der Waals surface area contributed by atoms with E-state index in [2.05, 4.69) is 10.0 Å². The molecule has 0 spiro atoms. The zero-order valence-corrected chi connectivity index (χ0v) is 16.4. The molecule has 2 N–H and O–H groups in total. The summed E-state index contributed by atoms with van der Waals surface area (Å²) in [4.78, 5) is 25.0. The molecule has 0 aliphatic carbocycles. The fourth-order valence-electron chi connectivity index (χ4n) is 1.96. The Morgan fingerprint density at radius 2 is 2.04 bits per heavy atom. The summed E-state index contributed by atoms with van der Waals surface area (Å²) in [6.45, 7) is 1.77. The molecular formula is C16H17ClN2O5S2. The van der Waals surface area contributed by atoms with Gasteiger partial charge in [-0.3, -0.25) is 4.79 Å². The highest BCUT2D eigenvalue weighted by molar-refractivity contribution is 7.89. The second kappa shape index (κ2) is 8.63. The minimum absolute atomic E-state index is 0.0267. The fourth-order valence-corrected chi connectivity index (χ4v) is 3.85. The van der Waals surface area contributed by atoms with Gasteiger partial charge in [-0.05, 0) is 43.6 Å². The van der Waals surface area contributed by atoms with Gasteiger partial charge < -0.3 is 10.1 Å². The minimum atomic E-state index is -3.83. The van der Waals surface area contributed by atoms with Crippen LogP contribution in [-0.4, -0.2) is 33.4 Å². The van der Waals surface area contributed by atoms with Crippen molar-refractivity contribution in [3.05, 3.63) is 51.2 Å². The van der Waals surface area contributed by atoms with Crippen LogP contribution in [0, 0.1) is 0 Å². The molecule has 10 heteroatoms. The summed E-state index contributed by atoms with van der Waals surface area (Å²) in [5, 5.41) is 4.52. The number of esters is 1. The fraction of sp³-hybridized carbons (Fsp3) is 0.250. The Bertz CT molecular complexity index is 897. The van der Waals surface area contributed by atoms with Crippen LogP contribution in [0.1, 0.15) is 22.2 Å². The maximum Gasteiger partial charge on any atom is 0.338 e. The maximum absolute atomic E-state index is 12.2. The van der Waals surface area contributed by atoms with Crippen molar-refractivity contribution in [3.63, 3.8) is 0 Å². The van der Waals surface area contributed by atoms with Crippen molar-refractivity contribution in [1.29, 1.82) is 0 Å². The van der Waals surface area contributed by atoms with Crippen LogP contribution in [0.3, 0.4) is 0 Å². The highest BCUT2D eigenvalue weighted by Crippen LogP contribution is 2.23. The second-order valence-corrected chi connectivity index (χ2v) is 8.49. The Balaban J connectivity index is 2.04. The predicted molar refractivity (Wildman–Crippen MR) is 98.7 cm³/mol. The molecule has 0 radical (unpaired) electrons. The number of halogens is 1. The van der Waals surface area contributed by atoms with Crippen LogP contribution in [0.2, 0.25) is 5.02 Å². The number of nitrogens with one attached hydrogen (secondary N) is 2. The van der Waals surface area contributed by atoms with Gasteiger partial charge in [0.1, 0.15) is 4.90 Å². The summed E-state index contributed by atoms with van der Waals surface area (Å²) in [7, 11) is -2.60. The van der Waals surface area contributed by atoms with Gasteiger partial charge in [0, 0.05) is 4.88 Å². The molecule has 7 nitrogen and oxygen atoms in total. The first kappa shape index (κ1) is 20.4. The molecular weight excluding hydrogens is 400 g/mol. The van der Waals surface area contributed by atoms with Crippen molar-refractivity contribution in [2.45, 2.75) is 24.5 Å². The third kappa shape index (κ3) is 5.04. The Kier molecular flexibility index (Phi) is 6.76. The van der Waals surface area contributed by atoms with Crippen LogP contribution in [0.4, 0.5) is 0 Å². The van der Waals surface area contributed by atoms with Gasteiger partial charge in [0.15, 0.2) is 6.10 Å². The van der Waals surface area contributed by atoms with Crippen molar-refractivity contribution in [2.24, 2.45) is 0 Å². The van der Waals surface area contributed by atoms with E-state index >= 15 is 0 Å². The molecule has 0 saturated heterocycles. The number of carbonyl (C=O) groups excluding carboxylic acids is 2. The van der Waals surface area contributed by atoms with Crippen molar-refractivity contribution < 1.29 is 22.7 Å². The molecule has 1 atom stereocenters. The summed E-state index contributed by atoms with van der Waals surface area (Å²) in [6.07, 6.45) is -1.04. The molecule has 1 aromatic heterocycles. The van der Waals surface area contributed by atoms with E-state index in [0.29, 0.717) is 6.54 Å². The minimum Gasteiger partial charge on any atom is -0.449 e. The number of benzene rings is 1. The normalized spacial score (nSPS) is 12.4. The standard InChI is InChI=1S/C16H17ClN2O5S2/c1-10(15(20)19-9-12-4-3-7-25-12)24-16(21)11-5-6-13(17)14(8-11)26(22,23)18-2/h3-8,10,18H,9H2,1-2H3,(H,19,20)/t10-/m1/s1. The highest BCUT2D eigenvalue weighted by atomic mass is 35.5. The summed E-state index contributed by atoms with van der Waals surface area (Å²) < 4.78 is 31.1. The van der Waals surface area contributed by atoms with E-state index in [1.54, 1.807) is 0 Å². The molecule has 0 bridgehead atoms. The molecule has 26 heavy (non-hydrogen) atoms. The summed E-state index contributed by atoms with van der Waals surface area (Å²) in [5.74, 6) is -1.28. The molecule has 1 aromatic carbocycles. The van der Waals surface area contributed by atoms with Crippen LogP contribution >= 0.6 is 22.9 Å². The van der Waals surface area contributed by atoms with E-state index in [9.17, 15) is 18.0 Å². The highest BCUT2D eigenvalue weighted by Gasteiger charge is 2.22. The average Bonchev–Trinajstić information content (AvgIpc) is 3.13. The molecule has 1 heterocycles. The van der Waals surface area contributed by atoms with E-state index in [4.69, 9.17) is 16.3 Å². The molecule has 2 rings (SSSR count). The van der Waals surface area contributed by atoms with Gasteiger partial charge in [-0.2, -0.15) is 0 Å². The molecule has 0 fully saturated rings. The summed E-state index contributed by atoms with van der Waals surface area (Å²) in [5.41, 5.74) is -0.0267. The first-order valence-electron chi connectivity index (χ1n) is 7.48. The number of hydrogen-bond donors (Lipinski definition) is 2. The first-order valence-corrected chi connectivity index (χ1v) is 10.2. The Morgan fingerprint density at radius 1 is 1.31 bits per heavy atom. The van der Waals surface area contributed by atoms with Crippen molar-refractivity contribution in [2.75, 3.05) is 7.05 Å². The third-order valence-corrected chi connectivity index (χ3v) is 6.17. The van der Waals surface area contributed by atoms with Gasteiger partial charge in [0.25, 0.3) is 5.91 Å². The quantitative estimate of drug-likeness (QED) is 0.673. The summed E-state index contributed by atoms with van der Waals surface area (Å²) >= 11 is 7.37. The number of sulfonamides is 1. The van der Waals surface area contributed by atoms with Crippen molar-refractivity contribution >= 4 is 44.8 Å². The number of amides is 1. The first-order chi connectivity index (χ1) is 12.2. The lowest BCUT2D eigenvalue weighted by molar-refractivity contribution is -0.129. The number of thiophene rings is 1. The Labute approximate surface area is 160 Å². The van der Waals surface area contributed by atoms with E-state index in [1.807, 2.05) is 17.5 Å². The van der Waals surface area contributed by atoms with Crippen LogP contribution in [0.25, 0.3) is 0 Å². The lowest BCUT2D eigenvalue weighted by Crippen LogP contribution is -2.35. The van der Waals surface area contributed by atoms with Gasteiger partial charge >= 0.3 is 5.97 Å². The third-order valence-electron chi connectivity index (χ3n) is 3.40. The van der Waals surface area contributed by atoms with Gasteiger partial charge in [-0.15, -0.1) is 11.3 Å². The average molecular weight is 417 g/mol. The van der Waals surface area contributed by atoms with Crippen LogP contribution in [0.15, 0.2) is 40.6 Å². The number of ether oxygens (including phenoxy) is 1. The lowest BCUT2D eigenvalue weighted by Gasteiger charge is -2.14. The summed E-state index contributed by atoms with van der Waals surface area (Å²) in [6, 6.07) is 7.46. The van der Waals surface area contributed by atoms with Crippen LogP contribution < -0.4 is 10.0 Å². The number of carbonyl (C=O) groups is 2. The molecule has 0 unspecified atom stereocenters. The molecule has 140 valence electrons. The van der Waals surface area contributed by atoms with Crippen LogP contribution in [-0.2, 0) is 26.1 Å². The second-order valence-electron chi connectivity index (χ2n) is 5.20. The monoisotopic (exact) mass is 416 g/mol. The van der Waals surface area contributed by atoms with Gasteiger partial charge in [0.2, 0.25) is 10.0 Å². The maximum atomic E-state index is 12.2. The SMILES string of the molecule is CNS(=O)(=O)c1cc(C(=O)O[C@H](C)C(=O)NCc2cccs2)ccc1Cl. The van der Waals surface area contributed by atoms with Gasteiger partial charge in [0.05, 0.1) is 17.1 Å². The Morgan fingerprint density at radius 3 is 2.65 bits per heavy atom. The van der Waals surface area contributed by atoms with Gasteiger partial charge in [-0.1, -0.05) is 17.7 Å². The van der Waals surface area contributed by atoms with Crippen molar-refractivity contribution in [3.8, 4) is 0 Å². The molecule has 0 aliphatic heterocycles. The number of rotatable bonds is 7. The van der Waals surface area contributed by atoms with Crippen molar-refractivity contribution in [1.82, 2.24) is 10.0 Å². The van der Waals surface area contributed by atoms with Gasteiger partial charge in [-0.25, -0.2) is 17.9 Å². The predicted octanol–water partition coefficient (Wildman–Crippen LogP) is 2.17. The molecule has 0 saturated carbocycles. The topological polar surface area (TPSA) is 102 Å². The largest absolute Gasteiger partial charge is 0.449 e. The van der Waals surface area contributed by atoms with E-state index in [-0.39, 0.29) is 15.5 Å². The number of hydrogen-bond acceptors (Lipinski definition) is 6. The Hall–Kier alpha value is -1.94. The van der Waals surface area contributed by atoms with E-state index in [1.165, 1.54) is 37.4 Å². The van der Waals surface area contributed by atoms with Crippen LogP contribution in [0.5, 0.6) is 0 Å². The molecule has 1 amide bonds. The van der Waals surface area contributed by atoms with E-state index in [0.717, 1.165) is 10.9 Å².